The quantitative estimate of drug-likeness (QED) is 0.403. The van der Waals surface area contributed by atoms with E-state index in [9.17, 15) is 9.59 Å². The molecule has 1 N–H and O–H groups in total. The molecule has 1 amide bonds. The van der Waals surface area contributed by atoms with Crippen LogP contribution < -0.4 is 5.32 Å². The Labute approximate surface area is 200 Å². The van der Waals surface area contributed by atoms with Crippen LogP contribution in [-0.2, 0) is 22.4 Å². The van der Waals surface area contributed by atoms with E-state index in [0.29, 0.717) is 22.9 Å². The number of anilines is 1. The van der Waals surface area contributed by atoms with Gasteiger partial charge in [0.15, 0.2) is 0 Å². The largest absolute Gasteiger partial charge is 0.459 e. The molecule has 4 rings (SSSR count). The zero-order chi connectivity index (χ0) is 23.4. The lowest BCUT2D eigenvalue weighted by molar-refractivity contribution is -0.116. The van der Waals surface area contributed by atoms with Gasteiger partial charge in [-0.3, -0.25) is 4.79 Å². The first kappa shape index (κ1) is 23.2. The SMILES string of the molecule is CC1CCc2c(sc(NC(=O)CC(c3ccccc3)c3ccccc3)c2C(=O)OC(C)C)C1. The molecule has 0 spiro atoms. The summed E-state index contributed by atoms with van der Waals surface area (Å²) >= 11 is 1.54. The number of nitrogens with one attached hydrogen (secondary N) is 1. The summed E-state index contributed by atoms with van der Waals surface area (Å²) in [5.41, 5.74) is 3.80. The number of fused-ring (bicyclic) bond motifs is 1. The van der Waals surface area contributed by atoms with E-state index in [-0.39, 0.29) is 23.9 Å². The summed E-state index contributed by atoms with van der Waals surface area (Å²) in [4.78, 5) is 27.5. The van der Waals surface area contributed by atoms with Crippen LogP contribution in [0.3, 0.4) is 0 Å². The molecule has 0 aliphatic heterocycles. The van der Waals surface area contributed by atoms with E-state index in [1.165, 1.54) is 16.2 Å². The maximum atomic E-state index is 13.3. The number of amides is 1. The van der Waals surface area contributed by atoms with Gasteiger partial charge in [0.2, 0.25) is 5.91 Å². The third-order valence-electron chi connectivity index (χ3n) is 6.10. The molecule has 0 bridgehead atoms. The molecule has 1 unspecified atom stereocenters. The second-order valence-corrected chi connectivity index (χ2v) is 10.2. The number of carbonyl (C=O) groups is 2. The monoisotopic (exact) mass is 461 g/mol. The van der Waals surface area contributed by atoms with E-state index in [0.717, 1.165) is 36.0 Å². The molecule has 1 aliphatic carbocycles. The molecule has 33 heavy (non-hydrogen) atoms. The summed E-state index contributed by atoms with van der Waals surface area (Å²) < 4.78 is 5.55. The Morgan fingerprint density at radius 2 is 1.64 bits per heavy atom. The van der Waals surface area contributed by atoms with Crippen molar-refractivity contribution in [2.45, 2.75) is 58.5 Å². The zero-order valence-corrected chi connectivity index (χ0v) is 20.3. The molecule has 0 radical (unpaired) electrons. The summed E-state index contributed by atoms with van der Waals surface area (Å²) in [5.74, 6) is 0.0789. The Morgan fingerprint density at radius 3 is 2.21 bits per heavy atom. The Kier molecular flexibility index (Phi) is 7.29. The third-order valence-corrected chi connectivity index (χ3v) is 7.27. The highest BCUT2D eigenvalue weighted by Gasteiger charge is 2.30. The fraction of sp³-hybridized carbons (Fsp3) is 0.357. The van der Waals surface area contributed by atoms with Crippen LogP contribution >= 0.6 is 11.3 Å². The van der Waals surface area contributed by atoms with Crippen molar-refractivity contribution in [3.63, 3.8) is 0 Å². The van der Waals surface area contributed by atoms with Crippen LogP contribution in [0.25, 0.3) is 0 Å². The number of hydrogen-bond acceptors (Lipinski definition) is 4. The predicted octanol–water partition coefficient (Wildman–Crippen LogP) is 6.60. The molecule has 0 saturated carbocycles. The smallest absolute Gasteiger partial charge is 0.341 e. The summed E-state index contributed by atoms with van der Waals surface area (Å²) in [6.45, 7) is 5.93. The van der Waals surface area contributed by atoms with Gasteiger partial charge in [0, 0.05) is 17.2 Å². The zero-order valence-electron chi connectivity index (χ0n) is 19.5. The van der Waals surface area contributed by atoms with Crippen LogP contribution in [0.4, 0.5) is 5.00 Å². The van der Waals surface area contributed by atoms with Crippen LogP contribution in [0, 0.1) is 5.92 Å². The van der Waals surface area contributed by atoms with Crippen molar-refractivity contribution in [1.82, 2.24) is 0 Å². The summed E-state index contributed by atoms with van der Waals surface area (Å²) in [5, 5.41) is 3.71. The lowest BCUT2D eigenvalue weighted by Crippen LogP contribution is -2.20. The lowest BCUT2D eigenvalue weighted by atomic mass is 9.88. The van der Waals surface area contributed by atoms with Crippen molar-refractivity contribution in [1.29, 1.82) is 0 Å². The topological polar surface area (TPSA) is 55.4 Å². The molecule has 0 saturated heterocycles. The lowest BCUT2D eigenvalue weighted by Gasteiger charge is -2.19. The minimum absolute atomic E-state index is 0.0620. The number of thiophene rings is 1. The van der Waals surface area contributed by atoms with Crippen molar-refractivity contribution in [3.8, 4) is 0 Å². The van der Waals surface area contributed by atoms with Crippen molar-refractivity contribution in [2.75, 3.05) is 5.32 Å². The number of benzene rings is 2. The Bertz CT molecular complexity index is 1070. The summed E-state index contributed by atoms with van der Waals surface area (Å²) in [7, 11) is 0. The maximum Gasteiger partial charge on any atom is 0.341 e. The van der Waals surface area contributed by atoms with E-state index >= 15 is 0 Å². The van der Waals surface area contributed by atoms with E-state index in [1.807, 2.05) is 50.2 Å². The van der Waals surface area contributed by atoms with Gasteiger partial charge in [-0.25, -0.2) is 4.79 Å². The van der Waals surface area contributed by atoms with Crippen molar-refractivity contribution in [2.24, 2.45) is 5.92 Å². The maximum absolute atomic E-state index is 13.3. The minimum atomic E-state index is -0.338. The summed E-state index contributed by atoms with van der Waals surface area (Å²) in [6, 6.07) is 20.2. The highest BCUT2D eigenvalue weighted by molar-refractivity contribution is 7.17. The first-order valence-electron chi connectivity index (χ1n) is 11.7. The van der Waals surface area contributed by atoms with Gasteiger partial charge in [-0.15, -0.1) is 11.3 Å². The van der Waals surface area contributed by atoms with Crippen molar-refractivity contribution < 1.29 is 14.3 Å². The Morgan fingerprint density at radius 1 is 1.03 bits per heavy atom. The predicted molar refractivity (Wildman–Crippen MR) is 134 cm³/mol. The minimum Gasteiger partial charge on any atom is -0.459 e. The molecule has 1 aliphatic rings. The van der Waals surface area contributed by atoms with Crippen molar-refractivity contribution >= 4 is 28.2 Å². The standard InChI is InChI=1S/C28H31NO3S/c1-18(2)32-28(31)26-22-15-14-19(3)16-24(22)33-27(26)29-25(30)17-23(20-10-6-4-7-11-20)21-12-8-5-9-13-21/h4-13,18-19,23H,14-17H2,1-3H3,(H,29,30). The molecule has 3 aromatic rings. The molecular formula is C28H31NO3S. The van der Waals surface area contributed by atoms with Crippen LogP contribution in [0.15, 0.2) is 60.7 Å². The fourth-order valence-electron chi connectivity index (χ4n) is 4.49. The van der Waals surface area contributed by atoms with Crippen LogP contribution in [0.5, 0.6) is 0 Å². The van der Waals surface area contributed by atoms with Gasteiger partial charge < -0.3 is 10.1 Å². The second kappa shape index (κ2) is 10.3. The first-order valence-corrected chi connectivity index (χ1v) is 12.5. The van der Waals surface area contributed by atoms with Gasteiger partial charge in [-0.2, -0.15) is 0 Å². The van der Waals surface area contributed by atoms with E-state index in [2.05, 4.69) is 36.5 Å². The summed E-state index contributed by atoms with van der Waals surface area (Å²) in [6.07, 6.45) is 2.92. The van der Waals surface area contributed by atoms with Gasteiger partial charge in [0.1, 0.15) is 5.00 Å². The van der Waals surface area contributed by atoms with Gasteiger partial charge in [-0.05, 0) is 55.7 Å². The van der Waals surface area contributed by atoms with Crippen LogP contribution in [-0.4, -0.2) is 18.0 Å². The fourth-order valence-corrected chi connectivity index (χ4v) is 5.90. The number of esters is 1. The molecule has 172 valence electrons. The van der Waals surface area contributed by atoms with Crippen molar-refractivity contribution in [3.05, 3.63) is 87.8 Å². The molecule has 4 nitrogen and oxygen atoms in total. The molecule has 2 aromatic carbocycles. The van der Waals surface area contributed by atoms with E-state index in [1.54, 1.807) is 0 Å². The highest BCUT2D eigenvalue weighted by Crippen LogP contribution is 2.40. The van der Waals surface area contributed by atoms with E-state index < -0.39 is 0 Å². The van der Waals surface area contributed by atoms with Gasteiger partial charge in [0.05, 0.1) is 11.7 Å². The Balaban J connectivity index is 1.61. The number of hydrogen-bond donors (Lipinski definition) is 1. The molecule has 0 fully saturated rings. The molecule has 5 heteroatoms. The van der Waals surface area contributed by atoms with Gasteiger partial charge in [0.25, 0.3) is 0 Å². The molecule has 1 atom stereocenters. The van der Waals surface area contributed by atoms with Crippen LogP contribution in [0.1, 0.15) is 71.5 Å². The number of carbonyl (C=O) groups excluding carboxylic acids is 2. The third kappa shape index (κ3) is 5.53. The van der Waals surface area contributed by atoms with Crippen LogP contribution in [0.2, 0.25) is 0 Å². The second-order valence-electron chi connectivity index (χ2n) is 9.14. The molecule has 1 aromatic heterocycles. The normalized spacial score (nSPS) is 15.4. The Hall–Kier alpha value is -2.92. The van der Waals surface area contributed by atoms with E-state index in [4.69, 9.17) is 4.74 Å². The average Bonchev–Trinajstić information content (AvgIpc) is 3.15. The first-order chi connectivity index (χ1) is 15.9. The number of ether oxygens (including phenoxy) is 1. The van der Waals surface area contributed by atoms with Gasteiger partial charge in [-0.1, -0.05) is 67.6 Å². The molecular weight excluding hydrogens is 430 g/mol. The average molecular weight is 462 g/mol. The number of rotatable bonds is 7. The van der Waals surface area contributed by atoms with Gasteiger partial charge >= 0.3 is 5.97 Å². The molecule has 1 heterocycles. The highest BCUT2D eigenvalue weighted by atomic mass is 32.1.